The van der Waals surface area contributed by atoms with E-state index in [2.05, 4.69) is 4.99 Å². The van der Waals surface area contributed by atoms with Crippen LogP contribution < -0.4 is 0 Å². The third kappa shape index (κ3) is 1.06. The average Bonchev–Trinajstić information content (AvgIpc) is 1.86. The van der Waals surface area contributed by atoms with Crippen LogP contribution >= 0.6 is 0 Å². The van der Waals surface area contributed by atoms with Crippen LogP contribution in [0.2, 0.25) is 0 Å². The van der Waals surface area contributed by atoms with Crippen molar-refractivity contribution in [3.05, 3.63) is 0 Å². The molecule has 0 N–H and O–H groups in total. The summed E-state index contributed by atoms with van der Waals surface area (Å²) in [5, 5.41) is 1.03. The maximum Gasteiger partial charge on any atom is 0.0727 e. The van der Waals surface area contributed by atoms with Gasteiger partial charge in [-0.05, 0) is 36.4 Å². The van der Waals surface area contributed by atoms with Crippen LogP contribution in [0.5, 0.6) is 0 Å². The number of rotatable bonds is 0. The lowest BCUT2D eigenvalue weighted by Gasteiger charge is -1.94. The summed E-state index contributed by atoms with van der Waals surface area (Å²) in [7, 11) is -1.21. The highest BCUT2D eigenvalue weighted by molar-refractivity contribution is 8.63. The monoisotopic (exact) mass is 165 g/mol. The lowest BCUT2D eigenvalue weighted by molar-refractivity contribution is 1.17. The van der Waals surface area contributed by atoms with Gasteiger partial charge < -0.3 is 0 Å². The van der Waals surface area contributed by atoms with Crippen molar-refractivity contribution in [2.24, 2.45) is 4.99 Å². The van der Waals surface area contributed by atoms with Gasteiger partial charge in [-0.15, -0.1) is 0 Å². The van der Waals surface area contributed by atoms with Gasteiger partial charge in [0.05, 0.1) is 5.04 Å². The van der Waals surface area contributed by atoms with E-state index in [0.29, 0.717) is 0 Å². The molecule has 1 nitrogen and oxygen atoms in total. The standard InChI is InChI=1S/C4H7NS3/c1-4-5-2-3-8(4,6)7/h2-3H2,1H3. The second-order valence-electron chi connectivity index (χ2n) is 1.72. The predicted molar refractivity (Wildman–Crippen MR) is 44.9 cm³/mol. The zero-order valence-electron chi connectivity index (χ0n) is 4.59. The molecule has 0 saturated carbocycles. The van der Waals surface area contributed by atoms with Gasteiger partial charge in [-0.3, -0.25) is 4.99 Å². The quantitative estimate of drug-likeness (QED) is 0.518. The Bertz CT molecular complexity index is 211. The van der Waals surface area contributed by atoms with E-state index in [4.69, 9.17) is 22.4 Å². The van der Waals surface area contributed by atoms with E-state index in [-0.39, 0.29) is 0 Å². The molecular weight excluding hydrogens is 158 g/mol. The van der Waals surface area contributed by atoms with Crippen LogP contribution in [0.4, 0.5) is 0 Å². The lowest BCUT2D eigenvalue weighted by Crippen LogP contribution is -2.04. The van der Waals surface area contributed by atoms with Gasteiger partial charge in [0.25, 0.3) is 0 Å². The Morgan fingerprint density at radius 3 is 2.38 bits per heavy atom. The first-order chi connectivity index (χ1) is 3.63. The normalized spacial score (nSPS) is 25.4. The molecule has 0 radical (unpaired) electrons. The molecule has 1 heterocycles. The minimum Gasteiger partial charge on any atom is -0.282 e. The Hall–Kier alpha value is 0.460. The van der Waals surface area contributed by atoms with Crippen LogP contribution in [0.15, 0.2) is 4.99 Å². The first-order valence-corrected chi connectivity index (χ1v) is 6.02. The number of nitrogens with zero attached hydrogens (tertiary/aromatic N) is 1. The Morgan fingerprint density at radius 1 is 1.62 bits per heavy atom. The van der Waals surface area contributed by atoms with E-state index >= 15 is 0 Å². The lowest BCUT2D eigenvalue weighted by atomic mass is 10.8. The van der Waals surface area contributed by atoms with E-state index in [1.165, 1.54) is 0 Å². The Labute approximate surface area is 59.0 Å². The molecule has 0 aromatic carbocycles. The largest absolute Gasteiger partial charge is 0.282 e. The van der Waals surface area contributed by atoms with E-state index in [1.807, 2.05) is 6.92 Å². The van der Waals surface area contributed by atoms with Crippen LogP contribution in [0.3, 0.4) is 0 Å². The van der Waals surface area contributed by atoms with E-state index in [9.17, 15) is 0 Å². The third-order valence-electron chi connectivity index (χ3n) is 1.14. The molecule has 1 aliphatic heterocycles. The highest BCUT2D eigenvalue weighted by Gasteiger charge is 2.10. The number of hydrogen-bond donors (Lipinski definition) is 0. The molecule has 0 amide bonds. The summed E-state index contributed by atoms with van der Waals surface area (Å²) in [4.78, 5) is 4.13. The average molecular weight is 165 g/mol. The van der Waals surface area contributed by atoms with Gasteiger partial charge >= 0.3 is 0 Å². The zero-order chi connectivity index (χ0) is 6.20. The SMILES string of the molecule is CC1=NCCS1(=S)=S. The van der Waals surface area contributed by atoms with Crippen LogP contribution in [-0.2, 0) is 29.5 Å². The van der Waals surface area contributed by atoms with Gasteiger partial charge in [-0.1, -0.05) is 0 Å². The van der Waals surface area contributed by atoms with Crippen molar-refractivity contribution in [2.45, 2.75) is 6.92 Å². The fraction of sp³-hybridized carbons (Fsp3) is 0.750. The third-order valence-corrected chi connectivity index (χ3v) is 5.34. The molecule has 1 aliphatic rings. The van der Waals surface area contributed by atoms with Gasteiger partial charge in [-0.25, -0.2) is 0 Å². The molecule has 0 unspecified atom stereocenters. The fourth-order valence-electron chi connectivity index (χ4n) is 0.569. The molecule has 0 spiro atoms. The summed E-state index contributed by atoms with van der Waals surface area (Å²) >= 11 is 10.2. The molecule has 46 valence electrons. The van der Waals surface area contributed by atoms with Gasteiger partial charge in [0.1, 0.15) is 0 Å². The maximum atomic E-state index is 5.10. The topological polar surface area (TPSA) is 12.4 Å². The summed E-state index contributed by atoms with van der Waals surface area (Å²) < 4.78 is 0. The Morgan fingerprint density at radius 2 is 2.25 bits per heavy atom. The molecule has 1 rings (SSSR count). The molecule has 0 atom stereocenters. The van der Waals surface area contributed by atoms with E-state index < -0.39 is 7.15 Å². The number of aliphatic imine (C=N–C) groups is 1. The minimum absolute atomic E-state index is 0.869. The summed E-state index contributed by atoms with van der Waals surface area (Å²) in [5.41, 5.74) is 0. The van der Waals surface area contributed by atoms with Gasteiger partial charge in [0, 0.05) is 12.3 Å². The van der Waals surface area contributed by atoms with Crippen LogP contribution in [0.1, 0.15) is 6.92 Å². The van der Waals surface area contributed by atoms with E-state index in [0.717, 1.165) is 17.3 Å². The van der Waals surface area contributed by atoms with E-state index in [1.54, 1.807) is 0 Å². The zero-order valence-corrected chi connectivity index (χ0v) is 7.04. The molecule has 0 fully saturated rings. The summed E-state index contributed by atoms with van der Waals surface area (Å²) in [6.07, 6.45) is 0. The summed E-state index contributed by atoms with van der Waals surface area (Å²) in [5.74, 6) is 0.948. The number of hydrogen-bond acceptors (Lipinski definition) is 3. The molecule has 4 heteroatoms. The first-order valence-electron chi connectivity index (χ1n) is 2.37. The molecule has 0 saturated heterocycles. The molecular formula is C4H7NS3. The minimum atomic E-state index is -1.21. The molecule has 0 aromatic rings. The molecule has 8 heavy (non-hydrogen) atoms. The van der Waals surface area contributed by atoms with Gasteiger partial charge in [0.2, 0.25) is 0 Å². The second-order valence-corrected chi connectivity index (χ2v) is 8.00. The molecule has 0 aromatic heterocycles. The van der Waals surface area contributed by atoms with Crippen molar-refractivity contribution in [3.8, 4) is 0 Å². The molecule has 0 bridgehead atoms. The second kappa shape index (κ2) is 2.01. The van der Waals surface area contributed by atoms with Crippen LogP contribution in [0.25, 0.3) is 0 Å². The van der Waals surface area contributed by atoms with Crippen molar-refractivity contribution >= 4 is 34.6 Å². The first kappa shape index (κ1) is 6.58. The molecule has 0 aliphatic carbocycles. The smallest absolute Gasteiger partial charge is 0.0727 e. The fourth-order valence-corrected chi connectivity index (χ4v) is 2.25. The summed E-state index contributed by atoms with van der Waals surface area (Å²) in [6, 6.07) is 0. The van der Waals surface area contributed by atoms with Crippen molar-refractivity contribution in [3.63, 3.8) is 0 Å². The van der Waals surface area contributed by atoms with Gasteiger partial charge in [-0.2, -0.15) is 0 Å². The van der Waals surface area contributed by atoms with Crippen LogP contribution in [-0.4, -0.2) is 17.3 Å². The highest BCUT2D eigenvalue weighted by Crippen LogP contribution is 2.03. The van der Waals surface area contributed by atoms with Crippen molar-refractivity contribution < 1.29 is 0 Å². The maximum absolute atomic E-state index is 5.10. The Kier molecular flexibility index (Phi) is 1.65. The highest BCUT2D eigenvalue weighted by atomic mass is 33.1. The predicted octanol–water partition coefficient (Wildman–Crippen LogP) is 0.496. The van der Waals surface area contributed by atoms with Crippen molar-refractivity contribution in [1.29, 1.82) is 0 Å². The van der Waals surface area contributed by atoms with Crippen molar-refractivity contribution in [1.82, 2.24) is 0 Å². The summed E-state index contributed by atoms with van der Waals surface area (Å²) in [6.45, 7) is 2.82. The van der Waals surface area contributed by atoms with Gasteiger partial charge in [0.15, 0.2) is 0 Å². The van der Waals surface area contributed by atoms with Crippen molar-refractivity contribution in [2.75, 3.05) is 12.3 Å². The Balaban J connectivity index is 3.08. The van der Waals surface area contributed by atoms with Crippen LogP contribution in [0, 0.1) is 0 Å².